The lowest BCUT2D eigenvalue weighted by molar-refractivity contribution is -0.130. The Balaban J connectivity index is 1.36. The second kappa shape index (κ2) is 14.9. The molecule has 2 heterocycles. The molecule has 3 unspecified atom stereocenters. The fourth-order valence-electron chi connectivity index (χ4n) is 8.83. The van der Waals surface area contributed by atoms with Crippen molar-refractivity contribution in [2.75, 3.05) is 19.5 Å². The molecule has 0 saturated heterocycles. The van der Waals surface area contributed by atoms with Crippen molar-refractivity contribution in [2.45, 2.75) is 75.2 Å². The number of nitrogens with zero attached hydrogens (tertiary/aromatic N) is 1. The summed E-state index contributed by atoms with van der Waals surface area (Å²) in [7, 11) is 2.91. The molecule has 53 heavy (non-hydrogen) atoms. The molecule has 4 aromatic carbocycles. The zero-order chi connectivity index (χ0) is 37.3. The standard InChI is InChI=1S/C43H46N2O8/c1-52-38-19-25(5-13-34(38)47)6-14-35(48)41-36(49)21-26(28-22-37(50)42(51)39(23-28)53-2)7-10-32-31-11-9-30(46)20-27(31)8-12-33(32)45-40-24-29(15-18-44-40)43(41)16-3-4-17-43/h5,8-9,11-13,15,18-20,22-24,26,35,41,46-48,50-51H,3-4,6-7,10,14,16-17,21H2,1-2H3,(H,44,45). The van der Waals surface area contributed by atoms with Crippen molar-refractivity contribution < 1.29 is 39.8 Å². The Bertz CT molecular complexity index is 2140. The third-order valence-electron chi connectivity index (χ3n) is 11.5. The fraction of sp³-hybridized carbons (Fsp3) is 0.349. The van der Waals surface area contributed by atoms with Gasteiger partial charge in [-0.2, -0.15) is 0 Å². The highest BCUT2D eigenvalue weighted by molar-refractivity contribution is 5.92. The predicted molar refractivity (Wildman–Crippen MR) is 203 cm³/mol. The second-order valence-electron chi connectivity index (χ2n) is 14.5. The number of aromatic nitrogens is 1. The monoisotopic (exact) mass is 718 g/mol. The smallest absolute Gasteiger partial charge is 0.200 e. The molecule has 1 aliphatic carbocycles. The van der Waals surface area contributed by atoms with Crippen molar-refractivity contribution in [1.82, 2.24) is 4.98 Å². The summed E-state index contributed by atoms with van der Waals surface area (Å²) in [5, 5.41) is 59.4. The van der Waals surface area contributed by atoms with Gasteiger partial charge in [0.2, 0.25) is 5.75 Å². The Hall–Kier alpha value is -5.48. The molecule has 1 fully saturated rings. The molecular formula is C43H46N2O8. The van der Waals surface area contributed by atoms with Gasteiger partial charge in [0.1, 0.15) is 17.4 Å². The average molecular weight is 719 g/mol. The van der Waals surface area contributed by atoms with Crippen LogP contribution in [0.1, 0.15) is 73.1 Å². The molecular weight excluding hydrogens is 672 g/mol. The number of aliphatic hydroxyl groups excluding tert-OH is 1. The number of hydrogen-bond acceptors (Lipinski definition) is 10. The summed E-state index contributed by atoms with van der Waals surface area (Å²) in [6.07, 6.45) is 5.89. The number of aryl methyl sites for hydroxylation is 2. The molecule has 3 atom stereocenters. The quantitative estimate of drug-likeness (QED) is 0.0912. The van der Waals surface area contributed by atoms with Gasteiger partial charge >= 0.3 is 0 Å². The number of aromatic hydroxyl groups is 4. The van der Waals surface area contributed by atoms with Crippen LogP contribution in [0.3, 0.4) is 0 Å². The maximum absolute atomic E-state index is 15.1. The molecule has 2 bridgehead atoms. The lowest BCUT2D eigenvalue weighted by Crippen LogP contribution is -2.45. The van der Waals surface area contributed by atoms with Crippen molar-refractivity contribution >= 4 is 28.1 Å². The first-order valence-electron chi connectivity index (χ1n) is 18.2. The number of nitrogens with one attached hydrogen (secondary N) is 1. The van der Waals surface area contributed by atoms with Gasteiger partial charge in [-0.3, -0.25) is 4.79 Å². The number of ether oxygens (including phenoxy) is 2. The summed E-state index contributed by atoms with van der Waals surface area (Å²) >= 11 is 0. The molecule has 1 aromatic heterocycles. The van der Waals surface area contributed by atoms with Crippen LogP contribution in [0.15, 0.2) is 79.0 Å². The van der Waals surface area contributed by atoms with Crippen LogP contribution in [-0.4, -0.2) is 56.6 Å². The maximum Gasteiger partial charge on any atom is 0.200 e. The van der Waals surface area contributed by atoms with Crippen LogP contribution < -0.4 is 14.8 Å². The molecule has 10 nitrogen and oxygen atoms in total. The van der Waals surface area contributed by atoms with Gasteiger partial charge in [0.05, 0.1) is 26.2 Å². The van der Waals surface area contributed by atoms with Crippen molar-refractivity contribution in [3.8, 4) is 34.5 Å². The number of pyridine rings is 1. The van der Waals surface area contributed by atoms with Crippen LogP contribution in [0.25, 0.3) is 10.8 Å². The Morgan fingerprint density at radius 3 is 2.45 bits per heavy atom. The number of ketones is 1. The fourth-order valence-corrected chi connectivity index (χ4v) is 8.83. The highest BCUT2D eigenvalue weighted by Crippen LogP contribution is 2.51. The van der Waals surface area contributed by atoms with E-state index in [0.29, 0.717) is 42.8 Å². The average Bonchev–Trinajstić information content (AvgIpc) is 3.65. The van der Waals surface area contributed by atoms with Crippen LogP contribution in [0.5, 0.6) is 34.5 Å². The van der Waals surface area contributed by atoms with Gasteiger partial charge < -0.3 is 40.3 Å². The van der Waals surface area contributed by atoms with Gasteiger partial charge in [0, 0.05) is 23.7 Å². The Morgan fingerprint density at radius 2 is 1.68 bits per heavy atom. The normalized spacial score (nSPS) is 19.0. The number of benzene rings is 4. The zero-order valence-electron chi connectivity index (χ0n) is 30.0. The number of aliphatic hydroxyl groups is 1. The molecule has 2 aliphatic rings. The van der Waals surface area contributed by atoms with Gasteiger partial charge in [-0.1, -0.05) is 31.0 Å². The molecule has 0 radical (unpaired) electrons. The number of carbonyl (C=O) groups excluding carboxylic acids is 1. The van der Waals surface area contributed by atoms with E-state index < -0.39 is 23.4 Å². The van der Waals surface area contributed by atoms with Crippen molar-refractivity contribution in [3.63, 3.8) is 0 Å². The molecule has 276 valence electrons. The van der Waals surface area contributed by atoms with E-state index >= 15 is 4.79 Å². The minimum atomic E-state index is -0.993. The number of phenols is 4. The topological polar surface area (TPSA) is 162 Å². The first kappa shape index (κ1) is 35.9. The van der Waals surface area contributed by atoms with E-state index in [1.807, 2.05) is 30.3 Å². The highest BCUT2D eigenvalue weighted by Gasteiger charge is 2.49. The third kappa shape index (κ3) is 7.03. The van der Waals surface area contributed by atoms with E-state index in [0.717, 1.165) is 58.8 Å². The minimum Gasteiger partial charge on any atom is -0.508 e. The van der Waals surface area contributed by atoms with E-state index in [2.05, 4.69) is 5.32 Å². The third-order valence-corrected chi connectivity index (χ3v) is 11.5. The van der Waals surface area contributed by atoms with Crippen LogP contribution >= 0.6 is 0 Å². The van der Waals surface area contributed by atoms with Crippen LogP contribution in [0, 0.1) is 5.92 Å². The number of anilines is 2. The van der Waals surface area contributed by atoms with E-state index in [1.165, 1.54) is 20.3 Å². The minimum absolute atomic E-state index is 0.0328. The van der Waals surface area contributed by atoms with Crippen molar-refractivity contribution in [2.24, 2.45) is 5.92 Å². The van der Waals surface area contributed by atoms with Crippen molar-refractivity contribution in [1.29, 1.82) is 0 Å². The van der Waals surface area contributed by atoms with Crippen molar-refractivity contribution in [3.05, 3.63) is 101 Å². The van der Waals surface area contributed by atoms with Crippen LogP contribution in [-0.2, 0) is 23.1 Å². The molecule has 0 amide bonds. The van der Waals surface area contributed by atoms with Crippen LogP contribution in [0.4, 0.5) is 11.5 Å². The largest absolute Gasteiger partial charge is 0.508 e. The predicted octanol–water partition coefficient (Wildman–Crippen LogP) is 7.93. The molecule has 1 saturated carbocycles. The number of carbonyl (C=O) groups is 1. The number of rotatable bonds is 7. The Kier molecular flexibility index (Phi) is 10.1. The van der Waals surface area contributed by atoms with Gasteiger partial charge in [-0.25, -0.2) is 4.98 Å². The van der Waals surface area contributed by atoms with Crippen LogP contribution in [0.2, 0.25) is 0 Å². The molecule has 1 aliphatic heterocycles. The number of fused-ring (bicyclic) bond motifs is 6. The maximum atomic E-state index is 15.1. The lowest BCUT2D eigenvalue weighted by atomic mass is 9.63. The summed E-state index contributed by atoms with van der Waals surface area (Å²) in [5.74, 6) is -0.672. The second-order valence-corrected chi connectivity index (χ2v) is 14.5. The first-order chi connectivity index (χ1) is 25.6. The first-order valence-corrected chi connectivity index (χ1v) is 18.2. The van der Waals surface area contributed by atoms with Gasteiger partial charge in [-0.05, 0) is 132 Å². The summed E-state index contributed by atoms with van der Waals surface area (Å²) in [6.45, 7) is 0. The van der Waals surface area contributed by atoms with Gasteiger partial charge in [0.15, 0.2) is 23.0 Å². The Morgan fingerprint density at radius 1 is 0.887 bits per heavy atom. The van der Waals surface area contributed by atoms with Gasteiger partial charge in [-0.15, -0.1) is 0 Å². The summed E-state index contributed by atoms with van der Waals surface area (Å²) < 4.78 is 10.7. The zero-order valence-corrected chi connectivity index (χ0v) is 30.0. The van der Waals surface area contributed by atoms with Gasteiger partial charge in [0.25, 0.3) is 0 Å². The number of phenolic OH excluding ortho intramolecular Hbond substituents is 4. The summed E-state index contributed by atoms with van der Waals surface area (Å²) in [6, 6.07) is 21.5. The lowest BCUT2D eigenvalue weighted by Gasteiger charge is -2.41. The van der Waals surface area contributed by atoms with E-state index in [-0.39, 0.29) is 41.0 Å². The van der Waals surface area contributed by atoms with E-state index in [9.17, 15) is 25.5 Å². The number of hydrogen-bond donors (Lipinski definition) is 6. The summed E-state index contributed by atoms with van der Waals surface area (Å²) in [4.78, 5) is 19.8. The molecule has 1 spiro atoms. The van der Waals surface area contributed by atoms with E-state index in [1.54, 1.807) is 42.6 Å². The SMILES string of the molecule is COc1cc(CCC(O)C2C(=O)CC(c3cc(O)c(O)c(OC)c3)CCc3c(ccc4cc(O)ccc34)Nc3cc(ccn3)C23CCCC3)ccc1O. The molecule has 6 N–H and O–H groups in total. The highest BCUT2D eigenvalue weighted by atomic mass is 16.5. The number of Topliss-reactive ketones (excluding diaryl/α,β-unsaturated/α-hetero) is 1. The molecule has 10 heteroatoms. The number of methoxy groups -OCH3 is 2. The summed E-state index contributed by atoms with van der Waals surface area (Å²) in [5.41, 5.74) is 3.64. The Labute approximate surface area is 308 Å². The van der Waals surface area contributed by atoms with E-state index in [4.69, 9.17) is 14.5 Å². The molecule has 5 aromatic rings. The molecule has 7 rings (SSSR count).